The number of hydrogen-bond acceptors (Lipinski definition) is 13. The van der Waals surface area contributed by atoms with E-state index in [0.29, 0.717) is 46.2 Å². The van der Waals surface area contributed by atoms with Crippen LogP contribution in [0.1, 0.15) is 78.4 Å². The van der Waals surface area contributed by atoms with E-state index in [1.165, 1.54) is 32.8 Å². The third-order valence-corrected chi connectivity index (χ3v) is 16.5. The van der Waals surface area contributed by atoms with E-state index in [-0.39, 0.29) is 17.9 Å². The predicted octanol–water partition coefficient (Wildman–Crippen LogP) is 4.30. The third kappa shape index (κ3) is 6.70. The quantitative estimate of drug-likeness (QED) is 0.124. The van der Waals surface area contributed by atoms with Gasteiger partial charge in [-0.25, -0.2) is 9.59 Å². The maximum Gasteiger partial charge on any atom is 0.344 e. The fourth-order valence-electron chi connectivity index (χ4n) is 14.3. The summed E-state index contributed by atoms with van der Waals surface area (Å²) in [4.78, 5) is 62.8. The van der Waals surface area contributed by atoms with Gasteiger partial charge in [0.05, 0.1) is 31.8 Å². The number of methoxy groups -OCH3 is 3. The van der Waals surface area contributed by atoms with E-state index >= 15 is 4.79 Å². The van der Waals surface area contributed by atoms with Crippen LogP contribution in [0.2, 0.25) is 0 Å². The number of rotatable bonds is 9. The SMILES string of the molecule is CCC1=C[C@H]2CN(C1)CC1=C(Bc3ccc(/C=C/C(=O)OC(C)(C)C)cc31)[C@@](C(=O)OC)(C1C=C3C(=CC1OC)N(C)[C@H]1[C@@](O)(C(=O)OC)[C@H](OC(C)=O)[C@]4(CC)C=CCN5CC[C@]31[C@@H]54)C2. The van der Waals surface area contributed by atoms with E-state index in [0.717, 1.165) is 58.4 Å². The number of esters is 4. The smallest absolute Gasteiger partial charge is 0.344 e. The maximum absolute atomic E-state index is 15.5. The molecule has 1 N–H and O–H groups in total. The fraction of sp³-hybridized carbons (Fsp3) is 0.577. The van der Waals surface area contributed by atoms with Gasteiger partial charge in [-0.05, 0) is 99.4 Å². The van der Waals surface area contributed by atoms with Gasteiger partial charge in [0.25, 0.3) is 0 Å². The molecular formula is C52H66BN3O10. The molecule has 352 valence electrons. The largest absolute Gasteiger partial charge is 0.468 e. The summed E-state index contributed by atoms with van der Waals surface area (Å²) in [5, 5.41) is 13.4. The second-order valence-corrected chi connectivity index (χ2v) is 20.9. The van der Waals surface area contributed by atoms with Gasteiger partial charge in [-0.15, -0.1) is 0 Å². The van der Waals surface area contributed by atoms with Gasteiger partial charge in [0.2, 0.25) is 5.60 Å². The van der Waals surface area contributed by atoms with Crippen LogP contribution in [0.3, 0.4) is 0 Å². The van der Waals surface area contributed by atoms with Crippen LogP contribution < -0.4 is 5.46 Å². The summed E-state index contributed by atoms with van der Waals surface area (Å²) in [6, 6.07) is 5.06. The zero-order valence-corrected chi connectivity index (χ0v) is 40.3. The molecule has 2 bridgehead atoms. The van der Waals surface area contributed by atoms with Crippen molar-refractivity contribution in [3.8, 4) is 0 Å². The molecule has 14 heteroatoms. The Bertz CT molecular complexity index is 2430. The normalized spacial score (nSPS) is 36.3. The number of likely N-dealkylation sites (N-methyl/N-ethyl adjacent to an activating group) is 1. The molecule has 0 radical (unpaired) electrons. The van der Waals surface area contributed by atoms with Crippen molar-refractivity contribution >= 4 is 48.3 Å². The molecule has 1 aromatic rings. The first kappa shape index (κ1) is 46.4. The number of aliphatic hydroxyl groups is 1. The van der Waals surface area contributed by atoms with Crippen LogP contribution in [0, 0.1) is 28.1 Å². The molecule has 66 heavy (non-hydrogen) atoms. The summed E-state index contributed by atoms with van der Waals surface area (Å²) in [5.41, 5.74) is 2.17. The van der Waals surface area contributed by atoms with Gasteiger partial charge in [0.15, 0.2) is 13.4 Å². The van der Waals surface area contributed by atoms with E-state index in [9.17, 15) is 19.5 Å². The Morgan fingerprint density at radius 3 is 2.42 bits per heavy atom. The molecule has 2 saturated heterocycles. The fourth-order valence-corrected chi connectivity index (χ4v) is 14.3. The molecule has 6 heterocycles. The molecule has 11 atom stereocenters. The van der Waals surface area contributed by atoms with E-state index in [4.69, 9.17) is 23.7 Å². The van der Waals surface area contributed by atoms with Gasteiger partial charge in [0, 0.05) is 81.8 Å². The molecule has 9 rings (SSSR count). The van der Waals surface area contributed by atoms with E-state index in [1.807, 2.05) is 45.7 Å². The molecule has 8 aliphatic rings. The van der Waals surface area contributed by atoms with Crippen LogP contribution in [-0.4, -0.2) is 148 Å². The average Bonchev–Trinajstić information content (AvgIpc) is 3.93. The minimum atomic E-state index is -2.29. The van der Waals surface area contributed by atoms with E-state index < -0.39 is 69.5 Å². The summed E-state index contributed by atoms with van der Waals surface area (Å²) in [7, 11) is 6.84. The van der Waals surface area contributed by atoms with Crippen molar-refractivity contribution in [3.05, 3.63) is 88.1 Å². The molecule has 0 aromatic heterocycles. The number of carbonyl (C=O) groups is 4. The second-order valence-electron chi connectivity index (χ2n) is 20.9. The lowest BCUT2D eigenvalue weighted by Gasteiger charge is -2.63. The first-order chi connectivity index (χ1) is 31.4. The first-order valence-electron chi connectivity index (χ1n) is 23.7. The lowest BCUT2D eigenvalue weighted by Crippen LogP contribution is -2.79. The second kappa shape index (κ2) is 16.5. The molecule has 13 nitrogen and oxygen atoms in total. The number of nitrogens with zero attached hydrogens (tertiary/aromatic N) is 3. The first-order valence-corrected chi connectivity index (χ1v) is 23.7. The minimum absolute atomic E-state index is 0.0260. The van der Waals surface area contributed by atoms with Crippen molar-refractivity contribution in [1.29, 1.82) is 0 Å². The van der Waals surface area contributed by atoms with Crippen LogP contribution in [-0.2, 0) is 42.9 Å². The molecule has 1 saturated carbocycles. The zero-order valence-electron chi connectivity index (χ0n) is 40.3. The Kier molecular flexibility index (Phi) is 11.6. The zero-order chi connectivity index (χ0) is 47.3. The highest BCUT2D eigenvalue weighted by Crippen LogP contribution is 2.70. The summed E-state index contributed by atoms with van der Waals surface area (Å²) >= 11 is 0. The van der Waals surface area contributed by atoms with Gasteiger partial charge in [-0.1, -0.05) is 66.8 Å². The topological polar surface area (TPSA) is 144 Å². The Morgan fingerprint density at radius 2 is 1.76 bits per heavy atom. The number of hydrogen-bond donors (Lipinski definition) is 1. The van der Waals surface area contributed by atoms with Crippen LogP contribution in [0.25, 0.3) is 11.6 Å². The Labute approximate surface area is 389 Å². The van der Waals surface area contributed by atoms with E-state index in [1.54, 1.807) is 13.2 Å². The van der Waals surface area contributed by atoms with Crippen molar-refractivity contribution < 1.29 is 48.0 Å². The predicted molar refractivity (Wildman–Crippen MR) is 251 cm³/mol. The van der Waals surface area contributed by atoms with E-state index in [2.05, 4.69) is 59.2 Å². The highest BCUT2D eigenvalue weighted by molar-refractivity contribution is 6.67. The molecule has 1 aromatic carbocycles. The van der Waals surface area contributed by atoms with Crippen molar-refractivity contribution in [2.45, 2.75) is 103 Å². The minimum Gasteiger partial charge on any atom is -0.468 e. The van der Waals surface area contributed by atoms with Gasteiger partial charge in [0.1, 0.15) is 5.60 Å². The molecule has 1 spiro atoms. The van der Waals surface area contributed by atoms with Crippen molar-refractivity contribution in [3.63, 3.8) is 0 Å². The summed E-state index contributed by atoms with van der Waals surface area (Å²) in [5.74, 6) is -2.76. The average molecular weight is 904 g/mol. The van der Waals surface area contributed by atoms with Crippen molar-refractivity contribution in [2.24, 2.45) is 28.1 Å². The number of benzene rings is 1. The summed E-state index contributed by atoms with van der Waals surface area (Å²) in [6.45, 7) is 14.6. The van der Waals surface area contributed by atoms with Gasteiger partial charge in [-0.2, -0.15) is 0 Å². The van der Waals surface area contributed by atoms with Crippen molar-refractivity contribution in [2.75, 3.05) is 61.1 Å². The standard InChI is InChI=1S/C52H66BN3O10/c1-11-31-22-33-26-51(46(59)63-9,42-35(29-55(27-31)28-33)34-23-32(14-16-38(34)53-42)15-17-41(58)66-48(4,5)6)37-24-36-39(25-40(37)62-8)54(7)44-50(36)19-21-56-20-13-18-49(12-2,43(50)56)45(65-30(3)57)52(44,61)47(60)64-10/h13-18,22-25,33,37,40,43-45,53,61H,11-12,19-21,26-29H2,1-10H3/b17-15+/t33-,37?,40?,43+,44-,45-,49-,50-,51+,52+/m1/s1. The number of allylic oxidation sites excluding steroid dienone is 1. The van der Waals surface area contributed by atoms with Gasteiger partial charge in [-0.3, -0.25) is 19.4 Å². The third-order valence-electron chi connectivity index (χ3n) is 16.5. The number of likely N-dealkylation sites (tertiary alicyclic amines) is 1. The Balaban J connectivity index is 1.28. The highest BCUT2D eigenvalue weighted by atomic mass is 16.6. The van der Waals surface area contributed by atoms with Crippen LogP contribution in [0.4, 0.5) is 0 Å². The van der Waals surface area contributed by atoms with Gasteiger partial charge >= 0.3 is 23.9 Å². The number of ether oxygens (including phenoxy) is 5. The molecule has 0 amide bonds. The van der Waals surface area contributed by atoms with Crippen LogP contribution in [0.15, 0.2) is 77.0 Å². The van der Waals surface area contributed by atoms with Gasteiger partial charge < -0.3 is 33.7 Å². The highest BCUT2D eigenvalue weighted by Gasteiger charge is 2.81. The maximum atomic E-state index is 15.5. The summed E-state index contributed by atoms with van der Waals surface area (Å²) < 4.78 is 29.9. The Morgan fingerprint density at radius 1 is 1.00 bits per heavy atom. The summed E-state index contributed by atoms with van der Waals surface area (Å²) in [6.07, 6.45) is 14.7. The molecular weight excluding hydrogens is 837 g/mol. The monoisotopic (exact) mass is 903 g/mol. The van der Waals surface area contributed by atoms with Crippen LogP contribution >= 0.6 is 0 Å². The molecule has 2 aliphatic carbocycles. The van der Waals surface area contributed by atoms with Crippen LogP contribution in [0.5, 0.6) is 0 Å². The lowest BCUT2D eigenvalue weighted by molar-refractivity contribution is -0.243. The molecule has 3 fully saturated rings. The number of fused-ring (bicyclic) bond motifs is 5. The molecule has 6 aliphatic heterocycles. The lowest BCUT2D eigenvalue weighted by atomic mass is 9.46. The number of carbonyl (C=O) groups excluding carboxylic acids is 4. The van der Waals surface area contributed by atoms with Crippen molar-refractivity contribution in [1.82, 2.24) is 14.7 Å². The Hall–Kier alpha value is -4.76. The molecule has 3 unspecified atom stereocenters.